The summed E-state index contributed by atoms with van der Waals surface area (Å²) < 4.78 is 0. The van der Waals surface area contributed by atoms with Gasteiger partial charge in [-0.15, -0.1) is 0 Å². The maximum atomic E-state index is 5.36. The predicted octanol–water partition coefficient (Wildman–Crippen LogP) is 2.61. The SMILES string of the molecule is NC(=S)Nc1ccccc1.Nc1ccccc1. The minimum atomic E-state index is 0.297. The van der Waals surface area contributed by atoms with Crippen LogP contribution in [0.4, 0.5) is 11.4 Å². The van der Waals surface area contributed by atoms with Gasteiger partial charge < -0.3 is 16.8 Å². The number of hydrogen-bond acceptors (Lipinski definition) is 2. The molecule has 3 nitrogen and oxygen atoms in total. The zero-order valence-electron chi connectivity index (χ0n) is 9.34. The first kappa shape index (κ1) is 13.0. The highest BCUT2D eigenvalue weighted by atomic mass is 32.1. The van der Waals surface area contributed by atoms with Crippen molar-refractivity contribution in [2.45, 2.75) is 0 Å². The molecule has 0 unspecified atom stereocenters. The molecule has 0 atom stereocenters. The topological polar surface area (TPSA) is 64.1 Å². The van der Waals surface area contributed by atoms with Gasteiger partial charge in [0.2, 0.25) is 0 Å². The van der Waals surface area contributed by atoms with Crippen molar-refractivity contribution < 1.29 is 0 Å². The van der Waals surface area contributed by atoms with Crippen molar-refractivity contribution in [3.63, 3.8) is 0 Å². The molecule has 5 N–H and O–H groups in total. The normalized spacial score (nSPS) is 8.71. The van der Waals surface area contributed by atoms with Gasteiger partial charge in [-0.1, -0.05) is 36.4 Å². The molecule has 0 aromatic heterocycles. The maximum absolute atomic E-state index is 5.36. The van der Waals surface area contributed by atoms with Crippen LogP contribution in [0.5, 0.6) is 0 Å². The highest BCUT2D eigenvalue weighted by Gasteiger charge is 1.87. The number of thiocarbonyl (C=S) groups is 1. The standard InChI is InChI=1S/C7H8N2S.C6H7N/c8-7(10)9-6-4-2-1-3-5-6;7-6-4-2-1-3-5-6/h1-5H,(H3,8,9,10);1-5H,7H2. The Kier molecular flexibility index (Phi) is 5.54. The lowest BCUT2D eigenvalue weighted by Gasteiger charge is -2.00. The van der Waals surface area contributed by atoms with Crippen molar-refractivity contribution >= 4 is 28.7 Å². The second-order valence-corrected chi connectivity index (χ2v) is 3.71. The molecule has 88 valence electrons. The van der Waals surface area contributed by atoms with E-state index in [-0.39, 0.29) is 0 Å². The Morgan fingerprint density at radius 2 is 1.35 bits per heavy atom. The van der Waals surface area contributed by atoms with E-state index in [1.165, 1.54) is 0 Å². The summed E-state index contributed by atoms with van der Waals surface area (Å²) in [4.78, 5) is 0. The molecule has 0 radical (unpaired) electrons. The van der Waals surface area contributed by atoms with Crippen LogP contribution in [0.25, 0.3) is 0 Å². The average molecular weight is 245 g/mol. The molecule has 2 aromatic carbocycles. The Balaban J connectivity index is 0.000000181. The fourth-order valence-electron chi connectivity index (χ4n) is 1.12. The van der Waals surface area contributed by atoms with Crippen molar-refractivity contribution in [2.75, 3.05) is 11.1 Å². The first-order valence-corrected chi connectivity index (χ1v) is 5.51. The van der Waals surface area contributed by atoms with Crippen LogP contribution < -0.4 is 16.8 Å². The molecule has 0 saturated carbocycles. The molecule has 0 aliphatic rings. The lowest BCUT2D eigenvalue weighted by atomic mass is 10.3. The number of para-hydroxylation sites is 2. The van der Waals surface area contributed by atoms with Gasteiger partial charge >= 0.3 is 0 Å². The molecule has 4 heteroatoms. The number of nitrogens with two attached hydrogens (primary N) is 2. The smallest absolute Gasteiger partial charge is 0.168 e. The third kappa shape index (κ3) is 6.17. The molecule has 17 heavy (non-hydrogen) atoms. The highest BCUT2D eigenvalue weighted by molar-refractivity contribution is 7.80. The van der Waals surface area contributed by atoms with Crippen molar-refractivity contribution in [1.82, 2.24) is 0 Å². The van der Waals surface area contributed by atoms with E-state index >= 15 is 0 Å². The average Bonchev–Trinajstić information content (AvgIpc) is 2.31. The molecule has 0 bridgehead atoms. The first-order chi connectivity index (χ1) is 8.18. The van der Waals surface area contributed by atoms with Gasteiger partial charge in [0.05, 0.1) is 0 Å². The minimum Gasteiger partial charge on any atom is -0.399 e. The molecule has 0 spiro atoms. The summed E-state index contributed by atoms with van der Waals surface area (Å²) in [5, 5.41) is 3.11. The fourth-order valence-corrected chi connectivity index (χ4v) is 1.23. The van der Waals surface area contributed by atoms with E-state index in [0.717, 1.165) is 11.4 Å². The van der Waals surface area contributed by atoms with Crippen LogP contribution >= 0.6 is 12.2 Å². The molecular formula is C13H15N3S. The van der Waals surface area contributed by atoms with E-state index in [4.69, 9.17) is 11.5 Å². The summed E-state index contributed by atoms with van der Waals surface area (Å²) in [6.07, 6.45) is 0. The second-order valence-electron chi connectivity index (χ2n) is 3.27. The van der Waals surface area contributed by atoms with Crippen LogP contribution in [0.1, 0.15) is 0 Å². The van der Waals surface area contributed by atoms with Gasteiger partial charge in [0, 0.05) is 11.4 Å². The molecule has 0 aliphatic carbocycles. The van der Waals surface area contributed by atoms with Crippen molar-refractivity contribution in [3.05, 3.63) is 60.7 Å². The maximum Gasteiger partial charge on any atom is 0.168 e. The van der Waals surface area contributed by atoms with Crippen LogP contribution in [0.15, 0.2) is 60.7 Å². The van der Waals surface area contributed by atoms with E-state index in [1.807, 2.05) is 60.7 Å². The lowest BCUT2D eigenvalue weighted by molar-refractivity contribution is 1.61. The van der Waals surface area contributed by atoms with Gasteiger partial charge in [0.15, 0.2) is 5.11 Å². The fraction of sp³-hybridized carbons (Fsp3) is 0. The number of anilines is 2. The van der Waals surface area contributed by atoms with E-state index in [2.05, 4.69) is 17.5 Å². The Bertz CT molecular complexity index is 443. The van der Waals surface area contributed by atoms with Gasteiger partial charge in [0.1, 0.15) is 0 Å². The summed E-state index contributed by atoms with van der Waals surface area (Å²) in [6, 6.07) is 19.1. The van der Waals surface area contributed by atoms with Gasteiger partial charge in [-0.3, -0.25) is 0 Å². The first-order valence-electron chi connectivity index (χ1n) is 5.10. The third-order valence-electron chi connectivity index (χ3n) is 1.84. The van der Waals surface area contributed by atoms with Crippen LogP contribution in [-0.2, 0) is 0 Å². The Morgan fingerprint density at radius 3 is 1.71 bits per heavy atom. The number of rotatable bonds is 1. The van der Waals surface area contributed by atoms with E-state index < -0.39 is 0 Å². The van der Waals surface area contributed by atoms with Crippen LogP contribution in [0.2, 0.25) is 0 Å². The Hall–Kier alpha value is -2.07. The van der Waals surface area contributed by atoms with Crippen LogP contribution in [0, 0.1) is 0 Å². The second kappa shape index (κ2) is 7.24. The molecule has 0 heterocycles. The summed E-state index contributed by atoms with van der Waals surface area (Å²) >= 11 is 4.64. The number of hydrogen-bond donors (Lipinski definition) is 3. The quantitative estimate of drug-likeness (QED) is 0.534. The summed E-state index contributed by atoms with van der Waals surface area (Å²) in [7, 11) is 0. The summed E-state index contributed by atoms with van der Waals surface area (Å²) in [6.45, 7) is 0. The van der Waals surface area contributed by atoms with E-state index in [1.54, 1.807) is 0 Å². The van der Waals surface area contributed by atoms with Gasteiger partial charge in [0.25, 0.3) is 0 Å². The summed E-state index contributed by atoms with van der Waals surface area (Å²) in [5.74, 6) is 0. The van der Waals surface area contributed by atoms with Gasteiger partial charge in [-0.2, -0.15) is 0 Å². The molecule has 0 amide bonds. The predicted molar refractivity (Wildman–Crippen MR) is 77.7 cm³/mol. The lowest BCUT2D eigenvalue weighted by Crippen LogP contribution is -2.18. The number of benzene rings is 2. The van der Waals surface area contributed by atoms with Crippen molar-refractivity contribution in [1.29, 1.82) is 0 Å². The monoisotopic (exact) mass is 245 g/mol. The molecular weight excluding hydrogens is 230 g/mol. The van der Waals surface area contributed by atoms with E-state index in [0.29, 0.717) is 5.11 Å². The zero-order valence-corrected chi connectivity index (χ0v) is 10.2. The van der Waals surface area contributed by atoms with Crippen LogP contribution in [-0.4, -0.2) is 5.11 Å². The van der Waals surface area contributed by atoms with Gasteiger partial charge in [-0.05, 0) is 36.5 Å². The molecule has 2 aromatic rings. The van der Waals surface area contributed by atoms with Crippen LogP contribution in [0.3, 0.4) is 0 Å². The van der Waals surface area contributed by atoms with Gasteiger partial charge in [-0.25, -0.2) is 0 Å². The van der Waals surface area contributed by atoms with Crippen molar-refractivity contribution in [3.8, 4) is 0 Å². The highest BCUT2D eigenvalue weighted by Crippen LogP contribution is 2.03. The molecule has 0 aliphatic heterocycles. The number of nitrogens with one attached hydrogen (secondary N) is 1. The Labute approximate surface area is 106 Å². The third-order valence-corrected chi connectivity index (χ3v) is 1.94. The molecule has 0 saturated heterocycles. The van der Waals surface area contributed by atoms with E-state index in [9.17, 15) is 0 Å². The largest absolute Gasteiger partial charge is 0.399 e. The Morgan fingerprint density at radius 1 is 0.882 bits per heavy atom. The summed E-state index contributed by atoms with van der Waals surface area (Å²) in [5.41, 5.74) is 12.4. The molecule has 0 fully saturated rings. The van der Waals surface area contributed by atoms with Crippen molar-refractivity contribution in [2.24, 2.45) is 5.73 Å². The number of nitrogen functional groups attached to an aromatic ring is 1. The zero-order chi connectivity index (χ0) is 12.5. The molecule has 2 rings (SSSR count). The minimum absolute atomic E-state index is 0.297.